The quantitative estimate of drug-likeness (QED) is 0.636. The van der Waals surface area contributed by atoms with Gasteiger partial charge in [-0.1, -0.05) is 26.7 Å². The third-order valence-electron chi connectivity index (χ3n) is 3.75. The van der Waals surface area contributed by atoms with Crippen molar-refractivity contribution in [2.75, 3.05) is 46.8 Å². The van der Waals surface area contributed by atoms with Gasteiger partial charge in [0.1, 0.15) is 0 Å². The molecule has 0 heterocycles. The molecule has 1 aliphatic carbocycles. The van der Waals surface area contributed by atoms with Crippen molar-refractivity contribution < 1.29 is 0 Å². The zero-order chi connectivity index (χ0) is 13.4. The van der Waals surface area contributed by atoms with E-state index in [9.17, 15) is 0 Å². The van der Waals surface area contributed by atoms with Gasteiger partial charge in [-0.05, 0) is 32.9 Å². The Morgan fingerprint density at radius 1 is 1.06 bits per heavy atom. The Morgan fingerprint density at radius 3 is 2.22 bits per heavy atom. The summed E-state index contributed by atoms with van der Waals surface area (Å²) in [5.41, 5.74) is 0. The van der Waals surface area contributed by atoms with E-state index in [0.29, 0.717) is 0 Å². The third kappa shape index (κ3) is 6.72. The Kier molecular flexibility index (Phi) is 7.87. The number of nitrogens with zero attached hydrogens (tertiary/aromatic N) is 2. The zero-order valence-corrected chi connectivity index (χ0v) is 12.9. The summed E-state index contributed by atoms with van der Waals surface area (Å²) in [5.74, 6) is 0.785. The van der Waals surface area contributed by atoms with Gasteiger partial charge in [-0.3, -0.25) is 4.90 Å². The first-order valence-electron chi connectivity index (χ1n) is 7.69. The van der Waals surface area contributed by atoms with Crippen molar-refractivity contribution in [1.82, 2.24) is 15.1 Å². The lowest BCUT2D eigenvalue weighted by Gasteiger charge is -2.30. The molecule has 0 unspecified atom stereocenters. The van der Waals surface area contributed by atoms with Crippen LogP contribution in [0.25, 0.3) is 0 Å². The molecule has 1 rings (SSSR count). The monoisotopic (exact) mass is 255 g/mol. The predicted molar refractivity (Wildman–Crippen MR) is 80.1 cm³/mol. The first-order chi connectivity index (χ1) is 8.59. The summed E-state index contributed by atoms with van der Waals surface area (Å²) in [6, 6.07) is 0.864. The van der Waals surface area contributed by atoms with E-state index in [0.717, 1.165) is 31.6 Å². The van der Waals surface area contributed by atoms with Gasteiger partial charge in [0, 0.05) is 38.8 Å². The van der Waals surface area contributed by atoms with Crippen molar-refractivity contribution in [3.63, 3.8) is 0 Å². The molecule has 18 heavy (non-hydrogen) atoms. The van der Waals surface area contributed by atoms with Crippen LogP contribution < -0.4 is 5.32 Å². The van der Waals surface area contributed by atoms with Crippen molar-refractivity contribution in [3.05, 3.63) is 0 Å². The van der Waals surface area contributed by atoms with Crippen molar-refractivity contribution in [3.8, 4) is 0 Å². The van der Waals surface area contributed by atoms with Crippen molar-refractivity contribution in [2.45, 2.75) is 45.6 Å². The van der Waals surface area contributed by atoms with Gasteiger partial charge in [0.2, 0.25) is 0 Å². The maximum Gasteiger partial charge on any atom is 0.0110 e. The number of hydrogen-bond acceptors (Lipinski definition) is 3. The molecule has 108 valence electrons. The van der Waals surface area contributed by atoms with E-state index in [4.69, 9.17) is 0 Å². The van der Waals surface area contributed by atoms with Crippen LogP contribution in [0.2, 0.25) is 0 Å². The second kappa shape index (κ2) is 8.89. The van der Waals surface area contributed by atoms with Crippen LogP contribution in [-0.4, -0.2) is 62.7 Å². The molecular weight excluding hydrogens is 222 g/mol. The fourth-order valence-corrected chi connectivity index (χ4v) is 2.81. The van der Waals surface area contributed by atoms with Crippen LogP contribution in [0.4, 0.5) is 0 Å². The molecule has 0 atom stereocenters. The molecule has 1 aliphatic rings. The summed E-state index contributed by atoms with van der Waals surface area (Å²) in [4.78, 5) is 4.95. The van der Waals surface area contributed by atoms with E-state index in [1.54, 1.807) is 0 Å². The second-order valence-electron chi connectivity index (χ2n) is 6.38. The average Bonchev–Trinajstić information content (AvgIpc) is 2.79. The van der Waals surface area contributed by atoms with E-state index in [2.05, 4.69) is 43.1 Å². The summed E-state index contributed by atoms with van der Waals surface area (Å²) in [7, 11) is 4.26. The molecule has 0 radical (unpaired) electrons. The Hall–Kier alpha value is -0.120. The fraction of sp³-hybridized carbons (Fsp3) is 1.00. The standard InChI is InChI=1S/C15H33N3/c1-14(2)13-18(15-7-5-6-8-15)12-10-16-9-11-17(3)4/h14-16H,5-13H2,1-4H3. The molecule has 0 bridgehead atoms. The van der Waals surface area contributed by atoms with Crippen LogP contribution in [0.1, 0.15) is 39.5 Å². The highest BCUT2D eigenvalue weighted by molar-refractivity contribution is 4.78. The van der Waals surface area contributed by atoms with Gasteiger partial charge in [0.05, 0.1) is 0 Å². The molecule has 0 saturated heterocycles. The average molecular weight is 255 g/mol. The number of likely N-dealkylation sites (N-methyl/N-ethyl adjacent to an activating group) is 1. The second-order valence-corrected chi connectivity index (χ2v) is 6.38. The van der Waals surface area contributed by atoms with Gasteiger partial charge in [-0.2, -0.15) is 0 Å². The molecule has 3 nitrogen and oxygen atoms in total. The molecule has 0 aromatic heterocycles. The Morgan fingerprint density at radius 2 is 1.67 bits per heavy atom. The molecule has 1 fully saturated rings. The normalized spacial score (nSPS) is 17.5. The summed E-state index contributed by atoms with van der Waals surface area (Å²) in [6.45, 7) is 10.5. The van der Waals surface area contributed by atoms with Crippen LogP contribution in [0.5, 0.6) is 0 Å². The highest BCUT2D eigenvalue weighted by Gasteiger charge is 2.22. The van der Waals surface area contributed by atoms with Gasteiger partial charge in [0.15, 0.2) is 0 Å². The molecule has 0 aliphatic heterocycles. The van der Waals surface area contributed by atoms with Gasteiger partial charge >= 0.3 is 0 Å². The maximum atomic E-state index is 3.56. The topological polar surface area (TPSA) is 18.5 Å². The van der Waals surface area contributed by atoms with Gasteiger partial charge in [-0.25, -0.2) is 0 Å². The fourth-order valence-electron chi connectivity index (χ4n) is 2.81. The molecule has 3 heteroatoms. The molecule has 0 spiro atoms. The van der Waals surface area contributed by atoms with E-state index >= 15 is 0 Å². The third-order valence-corrected chi connectivity index (χ3v) is 3.75. The molecule has 0 amide bonds. The molecule has 1 N–H and O–H groups in total. The minimum Gasteiger partial charge on any atom is -0.314 e. The zero-order valence-electron chi connectivity index (χ0n) is 12.9. The summed E-state index contributed by atoms with van der Waals surface area (Å²) in [6.07, 6.45) is 5.72. The summed E-state index contributed by atoms with van der Waals surface area (Å²) >= 11 is 0. The van der Waals surface area contributed by atoms with Gasteiger partial charge in [0.25, 0.3) is 0 Å². The number of nitrogens with one attached hydrogen (secondary N) is 1. The minimum atomic E-state index is 0.785. The van der Waals surface area contributed by atoms with Crippen molar-refractivity contribution >= 4 is 0 Å². The van der Waals surface area contributed by atoms with Crippen LogP contribution >= 0.6 is 0 Å². The SMILES string of the molecule is CC(C)CN(CCNCCN(C)C)C1CCCC1. The predicted octanol–water partition coefficient (Wildman–Crippen LogP) is 2.04. The number of hydrogen-bond donors (Lipinski definition) is 1. The summed E-state index contributed by atoms with van der Waals surface area (Å²) in [5, 5.41) is 3.56. The van der Waals surface area contributed by atoms with Gasteiger partial charge < -0.3 is 10.2 Å². The lowest BCUT2D eigenvalue weighted by molar-refractivity contribution is 0.177. The van der Waals surface area contributed by atoms with E-state index < -0.39 is 0 Å². The lowest BCUT2D eigenvalue weighted by atomic mass is 10.1. The highest BCUT2D eigenvalue weighted by Crippen LogP contribution is 2.23. The molecule has 0 aromatic carbocycles. The minimum absolute atomic E-state index is 0.785. The van der Waals surface area contributed by atoms with Crippen molar-refractivity contribution in [2.24, 2.45) is 5.92 Å². The van der Waals surface area contributed by atoms with E-state index in [1.807, 2.05) is 0 Å². The first kappa shape index (κ1) is 15.9. The van der Waals surface area contributed by atoms with Gasteiger partial charge in [-0.15, -0.1) is 0 Å². The Balaban J connectivity index is 2.19. The maximum absolute atomic E-state index is 3.56. The molecule has 0 aromatic rings. The van der Waals surface area contributed by atoms with E-state index in [1.165, 1.54) is 38.8 Å². The first-order valence-corrected chi connectivity index (χ1v) is 7.69. The highest BCUT2D eigenvalue weighted by atomic mass is 15.2. The Bertz CT molecular complexity index is 198. The van der Waals surface area contributed by atoms with E-state index in [-0.39, 0.29) is 0 Å². The lowest BCUT2D eigenvalue weighted by Crippen LogP contribution is -2.41. The molecular formula is C15H33N3. The Labute approximate surface area is 114 Å². The summed E-state index contributed by atoms with van der Waals surface area (Å²) < 4.78 is 0. The number of rotatable bonds is 9. The van der Waals surface area contributed by atoms with Crippen LogP contribution in [-0.2, 0) is 0 Å². The van der Waals surface area contributed by atoms with Crippen LogP contribution in [0.15, 0.2) is 0 Å². The van der Waals surface area contributed by atoms with Crippen molar-refractivity contribution in [1.29, 1.82) is 0 Å². The molecule has 1 saturated carbocycles. The smallest absolute Gasteiger partial charge is 0.0110 e. The van der Waals surface area contributed by atoms with Crippen LogP contribution in [0, 0.1) is 5.92 Å². The van der Waals surface area contributed by atoms with Crippen LogP contribution in [0.3, 0.4) is 0 Å². The largest absolute Gasteiger partial charge is 0.314 e.